The molecule has 0 saturated carbocycles. The lowest BCUT2D eigenvalue weighted by Crippen LogP contribution is -2.61. The Morgan fingerprint density at radius 3 is 0.767 bits per heavy atom. The van der Waals surface area contributed by atoms with Crippen LogP contribution in [0.4, 0.5) is 34.1 Å². The molecule has 0 fully saturated rings. The van der Waals surface area contributed by atoms with E-state index in [1.807, 2.05) is 0 Å². The summed E-state index contributed by atoms with van der Waals surface area (Å²) in [5.41, 5.74) is 34.9. The van der Waals surface area contributed by atoms with E-state index in [0.29, 0.717) is 0 Å². The van der Waals surface area contributed by atoms with Crippen LogP contribution in [0, 0.1) is 0 Å². The fourth-order valence-corrected chi connectivity index (χ4v) is 15.3. The van der Waals surface area contributed by atoms with Crippen LogP contribution in [-0.2, 0) is 21.7 Å². The van der Waals surface area contributed by atoms with Crippen molar-refractivity contribution in [1.29, 1.82) is 0 Å². The molecular formula is C99H88BN3. The Kier molecular flexibility index (Phi) is 16.7. The molecule has 0 saturated heterocycles. The monoisotopic (exact) mass is 1330 g/mol. The van der Waals surface area contributed by atoms with Gasteiger partial charge in [0.1, 0.15) is 0 Å². The Bertz CT molecular complexity index is 5000. The van der Waals surface area contributed by atoms with Gasteiger partial charge in [0.05, 0.1) is 11.4 Å². The van der Waals surface area contributed by atoms with Gasteiger partial charge in [0, 0.05) is 45.3 Å². The number of hydrogen-bond acceptors (Lipinski definition) is 3. The smallest absolute Gasteiger partial charge is 0.252 e. The van der Waals surface area contributed by atoms with E-state index in [1.54, 1.807) is 0 Å². The van der Waals surface area contributed by atoms with Crippen molar-refractivity contribution in [1.82, 2.24) is 4.98 Å². The Morgan fingerprint density at radius 1 is 0.214 bits per heavy atom. The van der Waals surface area contributed by atoms with Gasteiger partial charge in [-0.2, -0.15) is 0 Å². The maximum atomic E-state index is 6.12. The highest BCUT2D eigenvalue weighted by atomic mass is 15.2. The van der Waals surface area contributed by atoms with E-state index in [1.165, 1.54) is 44.2 Å². The molecule has 3 nitrogen and oxygen atoms in total. The Hall–Kier alpha value is -11.3. The molecule has 103 heavy (non-hydrogen) atoms. The molecule has 0 spiro atoms. The van der Waals surface area contributed by atoms with Crippen LogP contribution in [0.25, 0.3) is 100 Å². The van der Waals surface area contributed by atoms with Crippen LogP contribution in [0.3, 0.4) is 0 Å². The van der Waals surface area contributed by atoms with Gasteiger partial charge in [-0.3, -0.25) is 0 Å². The second-order valence-electron chi connectivity index (χ2n) is 32.5. The third kappa shape index (κ3) is 12.9. The second kappa shape index (κ2) is 25.9. The van der Waals surface area contributed by atoms with Crippen LogP contribution in [0.1, 0.15) is 105 Å². The number of hydrogen-bond donors (Lipinski definition) is 0. The number of nitrogens with zero attached hydrogens (tertiary/aromatic N) is 3. The zero-order valence-corrected chi connectivity index (χ0v) is 61.4. The first-order chi connectivity index (χ1) is 49.5. The Labute approximate surface area is 611 Å². The van der Waals surface area contributed by atoms with Gasteiger partial charge in [-0.15, -0.1) is 0 Å². The minimum Gasteiger partial charge on any atom is -0.311 e. The summed E-state index contributed by atoms with van der Waals surface area (Å²) in [5, 5.41) is 0. The van der Waals surface area contributed by atoms with Gasteiger partial charge >= 0.3 is 0 Å². The summed E-state index contributed by atoms with van der Waals surface area (Å²) >= 11 is 0. The third-order valence-corrected chi connectivity index (χ3v) is 21.1. The molecule has 2 aliphatic heterocycles. The lowest BCUT2D eigenvalue weighted by atomic mass is 9.33. The highest BCUT2D eigenvalue weighted by Gasteiger charge is 2.45. The molecule has 13 aromatic carbocycles. The van der Waals surface area contributed by atoms with Crippen molar-refractivity contribution in [3.05, 3.63) is 338 Å². The van der Waals surface area contributed by atoms with E-state index in [9.17, 15) is 0 Å². The van der Waals surface area contributed by atoms with Crippen molar-refractivity contribution >= 4 is 57.2 Å². The molecule has 0 atom stereocenters. The Balaban J connectivity index is 1.08. The summed E-state index contributed by atoms with van der Waals surface area (Å²) in [6, 6.07) is 119. The van der Waals surface area contributed by atoms with E-state index in [2.05, 4.69) is 408 Å². The van der Waals surface area contributed by atoms with Gasteiger partial charge in [0.2, 0.25) is 0 Å². The van der Waals surface area contributed by atoms with Gasteiger partial charge in [-0.05, 0) is 223 Å². The molecule has 4 heteroatoms. The molecule has 0 unspecified atom stereocenters. The average molecular weight is 1330 g/mol. The molecule has 0 radical (unpaired) electrons. The average Bonchev–Trinajstić information content (AvgIpc) is 0.693. The molecule has 0 bridgehead atoms. The van der Waals surface area contributed by atoms with Gasteiger partial charge in [-0.25, -0.2) is 4.98 Å². The highest BCUT2D eigenvalue weighted by Crippen LogP contribution is 2.51. The first-order valence-electron chi connectivity index (χ1n) is 36.6. The van der Waals surface area contributed by atoms with Crippen LogP contribution in [0.2, 0.25) is 0 Å². The maximum Gasteiger partial charge on any atom is 0.252 e. The molecule has 3 heterocycles. The first-order valence-corrected chi connectivity index (χ1v) is 36.6. The van der Waals surface area contributed by atoms with Crippen molar-refractivity contribution in [3.8, 4) is 100 Å². The van der Waals surface area contributed by atoms with E-state index < -0.39 is 0 Å². The summed E-state index contributed by atoms with van der Waals surface area (Å²) in [6.45, 7) is 27.9. The quantitative estimate of drug-likeness (QED) is 0.120. The third-order valence-electron chi connectivity index (χ3n) is 21.1. The number of aromatic nitrogens is 1. The van der Waals surface area contributed by atoms with Gasteiger partial charge in [0.15, 0.2) is 0 Å². The van der Waals surface area contributed by atoms with Crippen LogP contribution < -0.4 is 26.2 Å². The molecule has 0 amide bonds. The zero-order valence-electron chi connectivity index (χ0n) is 61.4. The molecule has 2 aliphatic rings. The van der Waals surface area contributed by atoms with Crippen LogP contribution in [0.5, 0.6) is 0 Å². The SMILES string of the molecule is CC(C)(C)c1cc(-c2cc(-c3cc(C(C)(C)C)cc(C(C)(C)C)c3)nc(-c3cc4c5c(c3)N(c3cc(-c6ccccc6)cc(-c6ccccc6)c3)c3cc(-c6ccccc6)ccc3B5c3ccc(-c5ccccc5)cc3N4c3cc(-c4ccccc4)cc(-c4ccccc4)c3)c2)cc(C(C)(C)C)c1. The molecule has 0 aliphatic carbocycles. The van der Waals surface area contributed by atoms with E-state index >= 15 is 0 Å². The number of rotatable bonds is 11. The number of benzene rings is 13. The molecular weight excluding hydrogens is 1240 g/mol. The van der Waals surface area contributed by atoms with Crippen molar-refractivity contribution < 1.29 is 0 Å². The predicted octanol–water partition coefficient (Wildman–Crippen LogP) is 25.4. The molecule has 16 rings (SSSR count). The molecule has 1 aromatic heterocycles. The molecule has 502 valence electrons. The zero-order chi connectivity index (χ0) is 71.1. The van der Waals surface area contributed by atoms with E-state index in [-0.39, 0.29) is 28.4 Å². The largest absolute Gasteiger partial charge is 0.311 e. The number of fused-ring (bicyclic) bond motifs is 4. The fourth-order valence-electron chi connectivity index (χ4n) is 15.3. The number of anilines is 6. The first kappa shape index (κ1) is 66.2. The van der Waals surface area contributed by atoms with Gasteiger partial charge in [0.25, 0.3) is 6.71 Å². The lowest BCUT2D eigenvalue weighted by Gasteiger charge is -2.45. The van der Waals surface area contributed by atoms with Crippen molar-refractivity contribution in [2.75, 3.05) is 9.80 Å². The molecule has 0 N–H and O–H groups in total. The summed E-state index contributed by atoms with van der Waals surface area (Å²) in [4.78, 5) is 11.4. The second-order valence-corrected chi connectivity index (χ2v) is 32.5. The maximum absolute atomic E-state index is 6.12. The lowest BCUT2D eigenvalue weighted by molar-refractivity contribution is 0.568. The summed E-state index contributed by atoms with van der Waals surface area (Å²) in [5.74, 6) is 0. The highest BCUT2D eigenvalue weighted by molar-refractivity contribution is 7.00. The summed E-state index contributed by atoms with van der Waals surface area (Å²) < 4.78 is 0. The fraction of sp³-hybridized carbons (Fsp3) is 0.162. The van der Waals surface area contributed by atoms with Crippen LogP contribution in [-0.4, -0.2) is 11.7 Å². The van der Waals surface area contributed by atoms with Gasteiger partial charge < -0.3 is 9.80 Å². The van der Waals surface area contributed by atoms with Crippen LogP contribution in [0.15, 0.2) is 315 Å². The van der Waals surface area contributed by atoms with Crippen molar-refractivity contribution in [2.24, 2.45) is 0 Å². The minimum absolute atomic E-state index is 0.119. The standard InChI is InChI=1S/C99H88BN3/c1-96(2,3)81-49-77(50-82(63-81)97(4,5)6)78-57-89(79-51-83(98(7,8)9)64-84(52-79)99(10,11)12)101-90(58-78)80-61-93-95-94(62-80)103(86-55-75(69-39-27-17-28-40-69)48-76(56-86)70-41-29-18-30-42-70)92-60-72(66-33-21-14-22-34-66)44-46-88(92)100(95)87-45-43-71(65-31-19-13-20-32-65)59-91(87)102(93)85-53-73(67-35-23-15-24-36-67)47-74(54-85)68-37-25-16-26-38-68/h13-64H,1-12H3. The predicted molar refractivity (Wildman–Crippen MR) is 442 cm³/mol. The van der Waals surface area contributed by atoms with Crippen molar-refractivity contribution in [3.63, 3.8) is 0 Å². The normalized spacial score (nSPS) is 12.8. The Morgan fingerprint density at radius 2 is 0.466 bits per heavy atom. The van der Waals surface area contributed by atoms with E-state index in [0.717, 1.165) is 129 Å². The summed E-state index contributed by atoms with van der Waals surface area (Å²) in [7, 11) is 0. The van der Waals surface area contributed by atoms with Crippen LogP contribution >= 0.6 is 0 Å². The minimum atomic E-state index is -0.204. The van der Waals surface area contributed by atoms with Crippen molar-refractivity contribution in [2.45, 2.75) is 105 Å². The molecule has 14 aromatic rings. The van der Waals surface area contributed by atoms with E-state index in [4.69, 9.17) is 4.98 Å². The topological polar surface area (TPSA) is 19.4 Å². The van der Waals surface area contributed by atoms with Gasteiger partial charge in [-0.1, -0.05) is 314 Å². The summed E-state index contributed by atoms with van der Waals surface area (Å²) in [6.07, 6.45) is 0. The number of pyridine rings is 1.